The summed E-state index contributed by atoms with van der Waals surface area (Å²) < 4.78 is 0. The number of amides is 1. The molecular formula is C13H13ClN2OS. The molecule has 3 nitrogen and oxygen atoms in total. The Hall–Kier alpha value is -1.52. The molecule has 0 saturated carbocycles. The van der Waals surface area contributed by atoms with Crippen LogP contribution in [0.25, 0.3) is 0 Å². The molecule has 1 aromatic carbocycles. The molecule has 2 aromatic rings. The molecule has 0 aliphatic carbocycles. The van der Waals surface area contributed by atoms with Crippen LogP contribution in [0.1, 0.15) is 28.9 Å². The molecule has 0 radical (unpaired) electrons. The molecule has 1 amide bonds. The first kappa shape index (κ1) is 12.9. The topological polar surface area (TPSA) is 55.1 Å². The van der Waals surface area contributed by atoms with Crippen molar-refractivity contribution in [3.63, 3.8) is 0 Å². The predicted octanol–water partition coefficient (Wildman–Crippen LogP) is 3.47. The van der Waals surface area contributed by atoms with Crippen molar-refractivity contribution in [2.24, 2.45) is 0 Å². The number of thiophene rings is 1. The highest BCUT2D eigenvalue weighted by atomic mass is 35.5. The fourth-order valence-corrected chi connectivity index (χ4v) is 2.49. The number of nitrogens with two attached hydrogens (primary N) is 1. The van der Waals surface area contributed by atoms with Crippen LogP contribution < -0.4 is 11.1 Å². The van der Waals surface area contributed by atoms with E-state index in [1.807, 2.05) is 23.8 Å². The number of hydrogen-bond acceptors (Lipinski definition) is 3. The largest absolute Gasteiger partial charge is 0.398 e. The van der Waals surface area contributed by atoms with Crippen molar-refractivity contribution in [2.75, 3.05) is 5.73 Å². The van der Waals surface area contributed by atoms with Gasteiger partial charge >= 0.3 is 0 Å². The highest BCUT2D eigenvalue weighted by Crippen LogP contribution is 2.21. The number of rotatable bonds is 3. The number of benzene rings is 1. The van der Waals surface area contributed by atoms with E-state index in [4.69, 9.17) is 17.3 Å². The Kier molecular flexibility index (Phi) is 3.89. The molecule has 0 spiro atoms. The Morgan fingerprint density at radius 3 is 2.83 bits per heavy atom. The van der Waals surface area contributed by atoms with Gasteiger partial charge in [0.2, 0.25) is 0 Å². The number of nitrogens with one attached hydrogen (secondary N) is 1. The zero-order chi connectivity index (χ0) is 13.1. The van der Waals surface area contributed by atoms with E-state index in [1.54, 1.807) is 29.5 Å². The Labute approximate surface area is 115 Å². The summed E-state index contributed by atoms with van der Waals surface area (Å²) in [5, 5.41) is 7.31. The van der Waals surface area contributed by atoms with Crippen LogP contribution in [0, 0.1) is 0 Å². The maximum Gasteiger partial charge on any atom is 0.251 e. The molecule has 18 heavy (non-hydrogen) atoms. The minimum Gasteiger partial charge on any atom is -0.398 e. The van der Waals surface area contributed by atoms with Crippen LogP contribution in [0.15, 0.2) is 35.0 Å². The van der Waals surface area contributed by atoms with Crippen molar-refractivity contribution in [2.45, 2.75) is 13.0 Å². The van der Waals surface area contributed by atoms with Crippen molar-refractivity contribution in [1.82, 2.24) is 5.32 Å². The smallest absolute Gasteiger partial charge is 0.251 e. The second-order valence-corrected chi connectivity index (χ2v) is 5.18. The second-order valence-electron chi connectivity index (χ2n) is 3.99. The molecule has 3 N–H and O–H groups in total. The van der Waals surface area contributed by atoms with Crippen molar-refractivity contribution >= 4 is 34.5 Å². The summed E-state index contributed by atoms with van der Waals surface area (Å²) in [6, 6.07) is 6.83. The van der Waals surface area contributed by atoms with E-state index in [0.29, 0.717) is 16.3 Å². The fourth-order valence-electron chi connectivity index (χ4n) is 1.55. The van der Waals surface area contributed by atoms with Gasteiger partial charge in [0, 0.05) is 5.56 Å². The van der Waals surface area contributed by atoms with E-state index in [0.717, 1.165) is 5.56 Å². The monoisotopic (exact) mass is 280 g/mol. The van der Waals surface area contributed by atoms with Crippen LogP contribution in [-0.2, 0) is 0 Å². The highest BCUT2D eigenvalue weighted by molar-refractivity contribution is 7.07. The zero-order valence-electron chi connectivity index (χ0n) is 9.81. The van der Waals surface area contributed by atoms with Gasteiger partial charge in [-0.15, -0.1) is 0 Å². The molecule has 1 aromatic heterocycles. The third-order valence-electron chi connectivity index (χ3n) is 2.65. The molecule has 94 valence electrons. The van der Waals surface area contributed by atoms with Gasteiger partial charge in [-0.25, -0.2) is 0 Å². The lowest BCUT2D eigenvalue weighted by atomic mass is 10.1. The highest BCUT2D eigenvalue weighted by Gasteiger charge is 2.12. The molecule has 0 aliphatic heterocycles. The number of carbonyl (C=O) groups excluding carboxylic acids is 1. The zero-order valence-corrected chi connectivity index (χ0v) is 11.4. The van der Waals surface area contributed by atoms with Crippen LogP contribution in [-0.4, -0.2) is 5.91 Å². The van der Waals surface area contributed by atoms with Crippen LogP contribution in [0.2, 0.25) is 5.02 Å². The van der Waals surface area contributed by atoms with Crippen LogP contribution in [0.4, 0.5) is 5.69 Å². The molecule has 1 heterocycles. The SMILES string of the molecule is CC(NC(=O)c1ccc(N)c(Cl)c1)c1ccsc1. The number of anilines is 1. The maximum atomic E-state index is 12.0. The number of hydrogen-bond donors (Lipinski definition) is 2. The summed E-state index contributed by atoms with van der Waals surface area (Å²) in [5.74, 6) is -0.157. The summed E-state index contributed by atoms with van der Waals surface area (Å²) in [4.78, 5) is 12.0. The lowest BCUT2D eigenvalue weighted by Gasteiger charge is -2.13. The second kappa shape index (κ2) is 5.42. The molecule has 5 heteroatoms. The molecule has 1 unspecified atom stereocenters. The van der Waals surface area contributed by atoms with Crippen LogP contribution in [0.3, 0.4) is 0 Å². The summed E-state index contributed by atoms with van der Waals surface area (Å²) in [6.45, 7) is 1.94. The Bertz CT molecular complexity index is 554. The minimum atomic E-state index is -0.157. The average Bonchev–Trinajstić information content (AvgIpc) is 2.86. The van der Waals surface area contributed by atoms with E-state index >= 15 is 0 Å². The first-order valence-corrected chi connectivity index (χ1v) is 6.78. The minimum absolute atomic E-state index is 0.0277. The molecular weight excluding hydrogens is 268 g/mol. The Morgan fingerprint density at radius 2 is 2.22 bits per heavy atom. The molecule has 2 rings (SSSR count). The normalized spacial score (nSPS) is 12.1. The molecule has 0 bridgehead atoms. The Balaban J connectivity index is 2.10. The van der Waals surface area contributed by atoms with E-state index < -0.39 is 0 Å². The summed E-state index contributed by atoms with van der Waals surface area (Å²) in [7, 11) is 0. The van der Waals surface area contributed by atoms with Gasteiger partial charge in [-0.2, -0.15) is 11.3 Å². The van der Waals surface area contributed by atoms with Gasteiger partial charge < -0.3 is 11.1 Å². The van der Waals surface area contributed by atoms with Crippen LogP contribution >= 0.6 is 22.9 Å². The third-order valence-corrected chi connectivity index (χ3v) is 3.68. The van der Waals surface area contributed by atoms with Crippen molar-refractivity contribution < 1.29 is 4.79 Å². The van der Waals surface area contributed by atoms with E-state index in [9.17, 15) is 4.79 Å². The Morgan fingerprint density at radius 1 is 1.44 bits per heavy atom. The lowest BCUT2D eigenvalue weighted by molar-refractivity contribution is 0.0940. The van der Waals surface area contributed by atoms with Gasteiger partial charge in [0.05, 0.1) is 16.8 Å². The van der Waals surface area contributed by atoms with Crippen molar-refractivity contribution in [1.29, 1.82) is 0 Å². The van der Waals surface area contributed by atoms with E-state index in [-0.39, 0.29) is 11.9 Å². The van der Waals surface area contributed by atoms with Crippen molar-refractivity contribution in [3.05, 3.63) is 51.2 Å². The van der Waals surface area contributed by atoms with Gasteiger partial charge in [0.15, 0.2) is 0 Å². The average molecular weight is 281 g/mol. The first-order valence-electron chi connectivity index (χ1n) is 5.46. The number of carbonyl (C=O) groups is 1. The quantitative estimate of drug-likeness (QED) is 0.846. The number of nitrogen functional groups attached to an aromatic ring is 1. The third kappa shape index (κ3) is 2.83. The summed E-state index contributed by atoms with van der Waals surface area (Å²) in [6.07, 6.45) is 0. The maximum absolute atomic E-state index is 12.0. The van der Waals surface area contributed by atoms with Gasteiger partial charge in [0.1, 0.15) is 0 Å². The predicted molar refractivity (Wildman–Crippen MR) is 76.1 cm³/mol. The fraction of sp³-hybridized carbons (Fsp3) is 0.154. The molecule has 0 saturated heterocycles. The van der Waals surface area contributed by atoms with Gasteiger partial charge in [-0.1, -0.05) is 11.6 Å². The van der Waals surface area contributed by atoms with E-state index in [2.05, 4.69) is 5.32 Å². The number of halogens is 1. The standard InChI is InChI=1S/C13H13ClN2OS/c1-8(10-4-5-18-7-10)16-13(17)9-2-3-12(15)11(14)6-9/h2-8H,15H2,1H3,(H,16,17). The van der Waals surface area contributed by atoms with Gasteiger partial charge in [-0.3, -0.25) is 4.79 Å². The lowest BCUT2D eigenvalue weighted by Crippen LogP contribution is -2.26. The summed E-state index contributed by atoms with van der Waals surface area (Å²) >= 11 is 7.50. The molecule has 1 atom stereocenters. The van der Waals surface area contributed by atoms with Crippen LogP contribution in [0.5, 0.6) is 0 Å². The molecule has 0 aliphatic rings. The summed E-state index contributed by atoms with van der Waals surface area (Å²) in [5.41, 5.74) is 7.68. The van der Waals surface area contributed by atoms with Gasteiger partial charge in [-0.05, 0) is 47.5 Å². The first-order chi connectivity index (χ1) is 8.58. The van der Waals surface area contributed by atoms with Gasteiger partial charge in [0.25, 0.3) is 5.91 Å². The molecule has 0 fully saturated rings. The van der Waals surface area contributed by atoms with Crippen molar-refractivity contribution in [3.8, 4) is 0 Å². The van der Waals surface area contributed by atoms with E-state index in [1.165, 1.54) is 0 Å².